The van der Waals surface area contributed by atoms with Crippen molar-refractivity contribution in [3.63, 3.8) is 0 Å². The van der Waals surface area contributed by atoms with E-state index in [4.69, 9.17) is 0 Å². The van der Waals surface area contributed by atoms with Crippen molar-refractivity contribution in [1.82, 2.24) is 9.97 Å². The zero-order chi connectivity index (χ0) is 14.8. The Labute approximate surface area is 130 Å². The molecule has 0 saturated heterocycles. The first-order chi connectivity index (χ1) is 10.9. The van der Waals surface area contributed by atoms with Gasteiger partial charge in [-0.2, -0.15) is 0 Å². The minimum atomic E-state index is 0.473. The fourth-order valence-corrected chi connectivity index (χ4v) is 2.78. The Morgan fingerprint density at radius 1 is 0.864 bits per heavy atom. The molecule has 0 amide bonds. The summed E-state index contributed by atoms with van der Waals surface area (Å²) in [6, 6.07) is 23.1. The molecule has 3 heteroatoms. The van der Waals surface area contributed by atoms with E-state index >= 15 is 0 Å². The first-order valence-corrected chi connectivity index (χ1v) is 7.60. The monoisotopic (exact) mass is 287 g/mol. The number of hydrogen-bond donors (Lipinski definition) is 1. The number of hydrogen-bond acceptors (Lipinski definition) is 3. The Kier molecular flexibility index (Phi) is 3.31. The number of anilines is 1. The average molecular weight is 287 g/mol. The van der Waals surface area contributed by atoms with Gasteiger partial charge in [-0.25, -0.2) is 9.97 Å². The predicted molar refractivity (Wildman–Crippen MR) is 88.7 cm³/mol. The Morgan fingerprint density at radius 2 is 1.59 bits per heavy atom. The zero-order valence-corrected chi connectivity index (χ0v) is 12.2. The van der Waals surface area contributed by atoms with Crippen molar-refractivity contribution in [2.45, 2.75) is 18.4 Å². The smallest absolute Gasteiger partial charge is 0.161 e. The molecule has 22 heavy (non-hydrogen) atoms. The molecule has 1 aliphatic rings. The van der Waals surface area contributed by atoms with Crippen molar-refractivity contribution in [1.29, 1.82) is 0 Å². The third-order valence-electron chi connectivity index (χ3n) is 4.04. The van der Waals surface area contributed by atoms with E-state index in [9.17, 15) is 0 Å². The van der Waals surface area contributed by atoms with Crippen LogP contribution in [-0.4, -0.2) is 16.0 Å². The molecule has 2 atom stereocenters. The lowest BCUT2D eigenvalue weighted by atomic mass is 10.1. The molecule has 3 nitrogen and oxygen atoms in total. The SMILES string of the molecule is c1ccc(-c2nccc(N[C@@H]3C[C@H]3c3ccccc3)n2)cc1. The van der Waals surface area contributed by atoms with Crippen molar-refractivity contribution in [2.24, 2.45) is 0 Å². The molecule has 108 valence electrons. The summed E-state index contributed by atoms with van der Waals surface area (Å²) < 4.78 is 0. The van der Waals surface area contributed by atoms with Crippen LogP contribution in [0.15, 0.2) is 72.9 Å². The second kappa shape index (κ2) is 5.60. The summed E-state index contributed by atoms with van der Waals surface area (Å²) in [7, 11) is 0. The molecule has 0 bridgehead atoms. The Balaban J connectivity index is 1.49. The molecule has 3 aromatic rings. The van der Waals surface area contributed by atoms with Crippen LogP contribution < -0.4 is 5.32 Å². The molecule has 1 heterocycles. The van der Waals surface area contributed by atoms with Gasteiger partial charge in [-0.05, 0) is 18.1 Å². The molecule has 1 N–H and O–H groups in total. The summed E-state index contributed by atoms with van der Waals surface area (Å²) in [5.74, 6) is 2.26. The minimum Gasteiger partial charge on any atom is -0.367 e. The normalized spacial score (nSPS) is 19.6. The molecule has 0 unspecified atom stereocenters. The molecule has 1 aromatic heterocycles. The number of nitrogens with zero attached hydrogens (tertiary/aromatic N) is 2. The van der Waals surface area contributed by atoms with Gasteiger partial charge < -0.3 is 5.32 Å². The van der Waals surface area contributed by atoms with E-state index in [1.807, 2.05) is 42.6 Å². The van der Waals surface area contributed by atoms with Gasteiger partial charge in [-0.15, -0.1) is 0 Å². The lowest BCUT2D eigenvalue weighted by Crippen LogP contribution is -2.06. The van der Waals surface area contributed by atoms with Crippen molar-refractivity contribution in [2.75, 3.05) is 5.32 Å². The van der Waals surface area contributed by atoms with Gasteiger partial charge in [0.15, 0.2) is 5.82 Å². The van der Waals surface area contributed by atoms with Gasteiger partial charge in [0.25, 0.3) is 0 Å². The quantitative estimate of drug-likeness (QED) is 0.784. The summed E-state index contributed by atoms with van der Waals surface area (Å²) in [6.07, 6.45) is 2.98. The second-order valence-corrected chi connectivity index (χ2v) is 5.64. The maximum atomic E-state index is 4.63. The molecule has 0 spiro atoms. The van der Waals surface area contributed by atoms with Gasteiger partial charge in [0.05, 0.1) is 0 Å². The van der Waals surface area contributed by atoms with Crippen LogP contribution in [0.4, 0.5) is 5.82 Å². The van der Waals surface area contributed by atoms with E-state index in [1.54, 1.807) is 0 Å². The van der Waals surface area contributed by atoms with Crippen molar-refractivity contribution in [3.05, 3.63) is 78.5 Å². The van der Waals surface area contributed by atoms with Gasteiger partial charge >= 0.3 is 0 Å². The molecule has 1 fully saturated rings. The highest BCUT2D eigenvalue weighted by Crippen LogP contribution is 2.42. The van der Waals surface area contributed by atoms with E-state index in [0.717, 1.165) is 23.6 Å². The fourth-order valence-electron chi connectivity index (χ4n) is 2.78. The second-order valence-electron chi connectivity index (χ2n) is 5.64. The number of aromatic nitrogens is 2. The molecule has 1 saturated carbocycles. The van der Waals surface area contributed by atoms with E-state index in [2.05, 4.69) is 45.6 Å². The fraction of sp³-hybridized carbons (Fsp3) is 0.158. The van der Waals surface area contributed by atoms with Gasteiger partial charge in [0.2, 0.25) is 0 Å². The first-order valence-electron chi connectivity index (χ1n) is 7.60. The van der Waals surface area contributed by atoms with Crippen LogP contribution >= 0.6 is 0 Å². The summed E-state index contributed by atoms with van der Waals surface area (Å²) in [4.78, 5) is 8.99. The number of benzene rings is 2. The first kappa shape index (κ1) is 13.0. The topological polar surface area (TPSA) is 37.8 Å². The lowest BCUT2D eigenvalue weighted by molar-refractivity contribution is 1.02. The van der Waals surface area contributed by atoms with Gasteiger partial charge in [0, 0.05) is 23.7 Å². The van der Waals surface area contributed by atoms with Crippen molar-refractivity contribution in [3.8, 4) is 11.4 Å². The number of nitrogens with one attached hydrogen (secondary N) is 1. The zero-order valence-electron chi connectivity index (χ0n) is 12.2. The Bertz CT molecular complexity index is 756. The summed E-state index contributed by atoms with van der Waals surface area (Å²) in [6.45, 7) is 0. The minimum absolute atomic E-state index is 0.473. The third kappa shape index (κ3) is 2.70. The number of rotatable bonds is 4. The highest BCUT2D eigenvalue weighted by atomic mass is 15.1. The molecule has 2 aromatic carbocycles. The van der Waals surface area contributed by atoms with Crippen LogP contribution in [0.3, 0.4) is 0 Å². The van der Waals surface area contributed by atoms with Crippen LogP contribution in [0.2, 0.25) is 0 Å². The highest BCUT2D eigenvalue weighted by molar-refractivity contribution is 5.57. The summed E-state index contributed by atoms with van der Waals surface area (Å²) in [5.41, 5.74) is 2.44. The molecule has 0 aliphatic heterocycles. The summed E-state index contributed by atoms with van der Waals surface area (Å²) >= 11 is 0. The Hall–Kier alpha value is -2.68. The summed E-state index contributed by atoms with van der Waals surface area (Å²) in [5, 5.41) is 3.52. The van der Waals surface area contributed by atoms with E-state index < -0.39 is 0 Å². The van der Waals surface area contributed by atoms with Crippen LogP contribution in [0.25, 0.3) is 11.4 Å². The molecule has 0 radical (unpaired) electrons. The van der Waals surface area contributed by atoms with Gasteiger partial charge in [0.1, 0.15) is 5.82 Å². The van der Waals surface area contributed by atoms with Crippen LogP contribution in [0.5, 0.6) is 0 Å². The lowest BCUT2D eigenvalue weighted by Gasteiger charge is -2.07. The standard InChI is InChI=1S/C19H17N3/c1-3-7-14(8-4-1)16-13-17(16)21-18-11-12-20-19(22-18)15-9-5-2-6-10-15/h1-12,16-17H,13H2,(H,20,21,22)/t16-,17+/m0/s1. The molecular formula is C19H17N3. The average Bonchev–Trinajstić information content (AvgIpc) is 3.36. The predicted octanol–water partition coefficient (Wildman–Crippen LogP) is 4.11. The van der Waals surface area contributed by atoms with E-state index in [1.165, 1.54) is 5.56 Å². The maximum absolute atomic E-state index is 4.63. The largest absolute Gasteiger partial charge is 0.367 e. The molecule has 4 rings (SSSR count). The van der Waals surface area contributed by atoms with Gasteiger partial charge in [-0.3, -0.25) is 0 Å². The third-order valence-corrected chi connectivity index (χ3v) is 4.04. The van der Waals surface area contributed by atoms with Crippen LogP contribution in [-0.2, 0) is 0 Å². The van der Waals surface area contributed by atoms with Crippen LogP contribution in [0, 0.1) is 0 Å². The van der Waals surface area contributed by atoms with E-state index in [0.29, 0.717) is 12.0 Å². The molecule has 1 aliphatic carbocycles. The van der Waals surface area contributed by atoms with Crippen molar-refractivity contribution >= 4 is 5.82 Å². The van der Waals surface area contributed by atoms with Crippen LogP contribution in [0.1, 0.15) is 17.9 Å². The maximum Gasteiger partial charge on any atom is 0.161 e. The highest BCUT2D eigenvalue weighted by Gasteiger charge is 2.38. The Morgan fingerprint density at radius 3 is 2.36 bits per heavy atom. The van der Waals surface area contributed by atoms with E-state index in [-0.39, 0.29) is 0 Å². The van der Waals surface area contributed by atoms with Crippen molar-refractivity contribution < 1.29 is 0 Å². The van der Waals surface area contributed by atoms with Gasteiger partial charge in [-0.1, -0.05) is 60.7 Å². The molecular weight excluding hydrogens is 270 g/mol.